The van der Waals surface area contributed by atoms with E-state index in [1.807, 2.05) is 0 Å². The first kappa shape index (κ1) is 14.2. The molecule has 19 heavy (non-hydrogen) atoms. The summed E-state index contributed by atoms with van der Waals surface area (Å²) in [6.07, 6.45) is 11.2. The van der Waals surface area contributed by atoms with Crippen LogP contribution in [0.2, 0.25) is 0 Å². The molecule has 0 aromatic rings. The van der Waals surface area contributed by atoms with Crippen molar-refractivity contribution in [1.29, 1.82) is 0 Å². The van der Waals surface area contributed by atoms with Crippen molar-refractivity contribution in [2.24, 2.45) is 5.92 Å². The summed E-state index contributed by atoms with van der Waals surface area (Å²) in [5, 5.41) is 0. The highest BCUT2D eigenvalue weighted by molar-refractivity contribution is 8.10. The molecule has 1 aliphatic carbocycles. The molecule has 108 valence electrons. The minimum absolute atomic E-state index is 0.407. The Morgan fingerprint density at radius 1 is 1.05 bits per heavy atom. The fraction of sp³-hybridized carbons (Fsp3) is 0.933. The summed E-state index contributed by atoms with van der Waals surface area (Å²) < 4.78 is 0.813. The summed E-state index contributed by atoms with van der Waals surface area (Å²) in [5.74, 6) is 0.854. The predicted molar refractivity (Wildman–Crippen MR) is 87.9 cm³/mol. The van der Waals surface area contributed by atoms with Gasteiger partial charge in [0, 0.05) is 18.6 Å². The van der Waals surface area contributed by atoms with Gasteiger partial charge in [0.15, 0.2) is 0 Å². The lowest BCUT2D eigenvalue weighted by molar-refractivity contribution is 0.0492. The average Bonchev–Trinajstić information content (AvgIpc) is 2.85. The van der Waals surface area contributed by atoms with E-state index in [9.17, 15) is 0 Å². The summed E-state index contributed by atoms with van der Waals surface area (Å²) in [6.45, 7) is 4.89. The molecule has 0 spiro atoms. The molecule has 0 aromatic heterocycles. The fourth-order valence-corrected chi connectivity index (χ4v) is 4.69. The number of nitrogens with zero attached hydrogens (tertiary/aromatic N) is 2. The van der Waals surface area contributed by atoms with Crippen LogP contribution in [0.25, 0.3) is 0 Å². The lowest BCUT2D eigenvalue weighted by atomic mass is 9.77. The Morgan fingerprint density at radius 2 is 1.68 bits per heavy atom. The molecule has 4 aliphatic rings. The summed E-state index contributed by atoms with van der Waals surface area (Å²) >= 11 is 9.82. The largest absolute Gasteiger partial charge is 0.356 e. The quantitative estimate of drug-likeness (QED) is 0.586. The summed E-state index contributed by atoms with van der Waals surface area (Å²) in [6, 6.07) is 0. The number of thiol groups is 1. The molecule has 3 aliphatic heterocycles. The van der Waals surface area contributed by atoms with E-state index in [0.29, 0.717) is 5.54 Å². The Balaban J connectivity index is 1.80. The predicted octanol–water partition coefficient (Wildman–Crippen LogP) is 3.32. The SMILES string of the molecule is S=C(S)N1CC2CCC(N3CCCCCC3)(CC2)C1. The third kappa shape index (κ3) is 2.96. The second-order valence-electron chi connectivity index (χ2n) is 6.73. The van der Waals surface area contributed by atoms with Crippen LogP contribution in [-0.2, 0) is 0 Å². The van der Waals surface area contributed by atoms with Gasteiger partial charge >= 0.3 is 0 Å². The van der Waals surface area contributed by atoms with Gasteiger partial charge in [-0.2, -0.15) is 0 Å². The molecule has 2 nitrogen and oxygen atoms in total. The third-order valence-electron chi connectivity index (χ3n) is 5.55. The van der Waals surface area contributed by atoms with E-state index in [2.05, 4.69) is 22.4 Å². The maximum Gasteiger partial charge on any atom is 0.133 e. The second-order valence-corrected chi connectivity index (χ2v) is 7.84. The molecule has 4 rings (SSSR count). The lowest BCUT2D eigenvalue weighted by Gasteiger charge is -2.46. The molecule has 0 aromatic carbocycles. The fourth-order valence-electron chi connectivity index (χ4n) is 4.39. The maximum absolute atomic E-state index is 5.36. The van der Waals surface area contributed by atoms with Gasteiger partial charge in [0.05, 0.1) is 0 Å². The minimum Gasteiger partial charge on any atom is -0.356 e. The van der Waals surface area contributed by atoms with Gasteiger partial charge in [0.25, 0.3) is 0 Å². The molecular weight excluding hydrogens is 272 g/mol. The van der Waals surface area contributed by atoms with E-state index in [1.165, 1.54) is 64.5 Å². The van der Waals surface area contributed by atoms with Crippen LogP contribution >= 0.6 is 24.8 Å². The van der Waals surface area contributed by atoms with Gasteiger partial charge in [-0.05, 0) is 57.5 Å². The highest BCUT2D eigenvalue weighted by Gasteiger charge is 2.44. The second kappa shape index (κ2) is 5.90. The first-order valence-electron chi connectivity index (χ1n) is 7.93. The van der Waals surface area contributed by atoms with Crippen molar-refractivity contribution in [3.8, 4) is 0 Å². The number of fused-ring (bicyclic) bond motifs is 4. The standard InChI is InChI=1S/C15H26N2S2/c18-14(19)16-11-13-5-7-15(12-16,8-6-13)17-9-3-1-2-4-10-17/h13H,1-12H2,(H,18,19). The molecule has 4 fully saturated rings. The normalized spacial score (nSPS) is 36.9. The lowest BCUT2D eigenvalue weighted by Crippen LogP contribution is -2.55. The van der Waals surface area contributed by atoms with Crippen molar-refractivity contribution in [3.63, 3.8) is 0 Å². The van der Waals surface area contributed by atoms with E-state index < -0.39 is 0 Å². The molecule has 0 unspecified atom stereocenters. The highest BCUT2D eigenvalue weighted by Crippen LogP contribution is 2.42. The molecule has 3 heterocycles. The maximum atomic E-state index is 5.36. The van der Waals surface area contributed by atoms with Crippen molar-refractivity contribution < 1.29 is 0 Å². The van der Waals surface area contributed by atoms with Gasteiger partial charge in [-0.3, -0.25) is 4.90 Å². The highest BCUT2D eigenvalue weighted by atomic mass is 32.1. The van der Waals surface area contributed by atoms with Gasteiger partial charge in [-0.15, -0.1) is 12.6 Å². The zero-order chi connectivity index (χ0) is 13.3. The van der Waals surface area contributed by atoms with Crippen molar-refractivity contribution >= 4 is 29.2 Å². The molecule has 0 atom stereocenters. The van der Waals surface area contributed by atoms with Crippen LogP contribution in [-0.4, -0.2) is 45.8 Å². The van der Waals surface area contributed by atoms with Gasteiger partial charge < -0.3 is 4.90 Å². The molecule has 0 amide bonds. The van der Waals surface area contributed by atoms with Crippen LogP contribution in [0.5, 0.6) is 0 Å². The number of likely N-dealkylation sites (tertiary alicyclic amines) is 1. The molecule has 0 radical (unpaired) electrons. The number of thiocarbonyl (C=S) groups is 1. The van der Waals surface area contributed by atoms with Gasteiger partial charge in [-0.1, -0.05) is 25.1 Å². The van der Waals surface area contributed by atoms with E-state index in [-0.39, 0.29) is 0 Å². The van der Waals surface area contributed by atoms with Gasteiger partial charge in [-0.25, -0.2) is 0 Å². The smallest absolute Gasteiger partial charge is 0.133 e. The van der Waals surface area contributed by atoms with E-state index in [4.69, 9.17) is 12.2 Å². The molecule has 3 saturated heterocycles. The van der Waals surface area contributed by atoms with Crippen LogP contribution in [0.4, 0.5) is 0 Å². The Labute approximate surface area is 128 Å². The number of rotatable bonds is 1. The molecule has 1 saturated carbocycles. The Kier molecular flexibility index (Phi) is 4.40. The average molecular weight is 299 g/mol. The van der Waals surface area contributed by atoms with Gasteiger partial charge in [0.1, 0.15) is 4.32 Å². The molecule has 4 heteroatoms. The van der Waals surface area contributed by atoms with Crippen molar-refractivity contribution in [2.45, 2.75) is 56.9 Å². The monoisotopic (exact) mass is 298 g/mol. The Bertz CT molecular complexity index is 329. The molecule has 2 bridgehead atoms. The van der Waals surface area contributed by atoms with E-state index in [1.54, 1.807) is 0 Å². The summed E-state index contributed by atoms with van der Waals surface area (Å²) in [5.41, 5.74) is 0.407. The minimum atomic E-state index is 0.407. The van der Waals surface area contributed by atoms with Crippen molar-refractivity contribution in [2.75, 3.05) is 26.2 Å². The molecule has 0 N–H and O–H groups in total. The van der Waals surface area contributed by atoms with Crippen LogP contribution < -0.4 is 0 Å². The first-order chi connectivity index (χ1) is 9.20. The van der Waals surface area contributed by atoms with E-state index >= 15 is 0 Å². The first-order valence-corrected chi connectivity index (χ1v) is 8.78. The van der Waals surface area contributed by atoms with E-state index in [0.717, 1.165) is 23.3 Å². The van der Waals surface area contributed by atoms with Crippen molar-refractivity contribution in [1.82, 2.24) is 9.80 Å². The summed E-state index contributed by atoms with van der Waals surface area (Å²) in [4.78, 5) is 5.20. The zero-order valence-corrected chi connectivity index (χ0v) is 13.5. The third-order valence-corrected chi connectivity index (χ3v) is 6.09. The van der Waals surface area contributed by atoms with Crippen LogP contribution in [0, 0.1) is 5.92 Å². The number of hydrogen-bond donors (Lipinski definition) is 1. The number of hydrogen-bond acceptors (Lipinski definition) is 2. The molecular formula is C15H26N2S2. The Hall–Kier alpha value is 0.200. The van der Waals surface area contributed by atoms with Crippen LogP contribution in [0.1, 0.15) is 51.4 Å². The van der Waals surface area contributed by atoms with Crippen LogP contribution in [0.15, 0.2) is 0 Å². The van der Waals surface area contributed by atoms with Gasteiger partial charge in [0.2, 0.25) is 0 Å². The Morgan fingerprint density at radius 3 is 2.26 bits per heavy atom. The zero-order valence-electron chi connectivity index (χ0n) is 11.8. The summed E-state index contributed by atoms with van der Waals surface area (Å²) in [7, 11) is 0. The van der Waals surface area contributed by atoms with Crippen LogP contribution in [0.3, 0.4) is 0 Å². The topological polar surface area (TPSA) is 6.48 Å². The van der Waals surface area contributed by atoms with Crippen molar-refractivity contribution in [3.05, 3.63) is 0 Å².